The zero-order chi connectivity index (χ0) is 12.4. The van der Waals surface area contributed by atoms with Gasteiger partial charge in [-0.3, -0.25) is 0 Å². The van der Waals surface area contributed by atoms with Crippen LogP contribution in [0.1, 0.15) is 16.8 Å². The van der Waals surface area contributed by atoms with E-state index >= 15 is 0 Å². The molecule has 0 aliphatic carbocycles. The van der Waals surface area contributed by atoms with E-state index in [0.717, 1.165) is 22.7 Å². The Morgan fingerprint density at radius 2 is 2.17 bits per heavy atom. The molecule has 0 aliphatic heterocycles. The molecular formula is C14H14N2OS. The Morgan fingerprint density at radius 1 is 1.28 bits per heavy atom. The van der Waals surface area contributed by atoms with E-state index in [4.69, 9.17) is 4.42 Å². The maximum Gasteiger partial charge on any atom is 0.121 e. The quantitative estimate of drug-likeness (QED) is 0.779. The molecule has 92 valence electrons. The molecular weight excluding hydrogens is 244 g/mol. The minimum Gasteiger partial charge on any atom is -0.468 e. The molecule has 0 fully saturated rings. The molecule has 2 heterocycles. The maximum atomic E-state index is 5.45. The third-order valence-electron chi connectivity index (χ3n) is 2.95. The van der Waals surface area contributed by atoms with Crippen LogP contribution in [0.15, 0.2) is 47.1 Å². The van der Waals surface area contributed by atoms with Gasteiger partial charge in [0.15, 0.2) is 0 Å². The van der Waals surface area contributed by atoms with Crippen molar-refractivity contribution in [3.63, 3.8) is 0 Å². The summed E-state index contributed by atoms with van der Waals surface area (Å²) in [5.41, 5.74) is 1.08. The minimum absolute atomic E-state index is 0.181. The fourth-order valence-corrected chi connectivity index (χ4v) is 3.03. The Bertz CT molecular complexity index is 597. The van der Waals surface area contributed by atoms with Crippen LogP contribution in [0.2, 0.25) is 0 Å². The number of nitrogens with zero attached hydrogens (tertiary/aromatic N) is 1. The van der Waals surface area contributed by atoms with Crippen molar-refractivity contribution in [2.24, 2.45) is 0 Å². The van der Waals surface area contributed by atoms with E-state index in [1.807, 2.05) is 31.3 Å². The summed E-state index contributed by atoms with van der Waals surface area (Å²) >= 11 is 1.75. The molecule has 4 heteroatoms. The first kappa shape index (κ1) is 11.4. The lowest BCUT2D eigenvalue weighted by molar-refractivity contribution is 0.429. The largest absolute Gasteiger partial charge is 0.468 e. The molecule has 1 N–H and O–H groups in total. The van der Waals surface area contributed by atoms with Crippen molar-refractivity contribution < 1.29 is 4.42 Å². The lowest BCUT2D eigenvalue weighted by Crippen LogP contribution is -2.18. The second-order valence-electron chi connectivity index (χ2n) is 4.14. The van der Waals surface area contributed by atoms with E-state index in [1.54, 1.807) is 17.6 Å². The van der Waals surface area contributed by atoms with Gasteiger partial charge in [0.25, 0.3) is 0 Å². The molecule has 3 aromatic rings. The molecule has 0 saturated heterocycles. The van der Waals surface area contributed by atoms with Gasteiger partial charge in [0.05, 0.1) is 27.5 Å². The van der Waals surface area contributed by atoms with Gasteiger partial charge in [-0.25, -0.2) is 4.98 Å². The second-order valence-corrected chi connectivity index (χ2v) is 5.25. The molecule has 0 bridgehead atoms. The monoisotopic (exact) mass is 258 g/mol. The lowest BCUT2D eigenvalue weighted by Gasteiger charge is -2.11. The standard InChI is InChI=1S/C14H14N2OS/c1-15-11(12-6-4-8-17-12)9-14-16-10-5-2-3-7-13(10)18-14/h2-8,11,15H,9H2,1H3. The Hall–Kier alpha value is -1.65. The smallest absolute Gasteiger partial charge is 0.121 e. The average Bonchev–Trinajstić information content (AvgIpc) is 3.04. The Morgan fingerprint density at radius 3 is 2.89 bits per heavy atom. The van der Waals surface area contributed by atoms with E-state index in [-0.39, 0.29) is 6.04 Å². The third kappa shape index (κ3) is 2.17. The number of benzene rings is 1. The van der Waals surface area contributed by atoms with E-state index in [0.29, 0.717) is 0 Å². The topological polar surface area (TPSA) is 38.1 Å². The number of likely N-dealkylation sites (N-methyl/N-ethyl adjacent to an activating group) is 1. The number of fused-ring (bicyclic) bond motifs is 1. The van der Waals surface area contributed by atoms with Crippen molar-refractivity contribution in [1.29, 1.82) is 0 Å². The maximum absolute atomic E-state index is 5.45. The number of thiazole rings is 1. The predicted octanol–water partition coefficient (Wildman–Crippen LogP) is 3.39. The molecule has 0 amide bonds. The van der Waals surface area contributed by atoms with E-state index in [1.165, 1.54) is 4.70 Å². The van der Waals surface area contributed by atoms with Gasteiger partial charge in [-0.1, -0.05) is 12.1 Å². The molecule has 0 aliphatic rings. The highest BCUT2D eigenvalue weighted by molar-refractivity contribution is 7.18. The van der Waals surface area contributed by atoms with Crippen LogP contribution in [0.3, 0.4) is 0 Å². The first-order valence-electron chi connectivity index (χ1n) is 5.92. The van der Waals surface area contributed by atoms with Crippen LogP contribution in [-0.4, -0.2) is 12.0 Å². The second kappa shape index (κ2) is 4.92. The fourth-order valence-electron chi connectivity index (χ4n) is 2.02. The van der Waals surface area contributed by atoms with Gasteiger partial charge in [0.1, 0.15) is 5.76 Å². The van der Waals surface area contributed by atoms with Gasteiger partial charge in [-0.2, -0.15) is 0 Å². The summed E-state index contributed by atoms with van der Waals surface area (Å²) in [5.74, 6) is 0.955. The van der Waals surface area contributed by atoms with Gasteiger partial charge in [0, 0.05) is 6.42 Å². The normalized spacial score (nSPS) is 12.9. The molecule has 3 rings (SSSR count). The van der Waals surface area contributed by atoms with Gasteiger partial charge < -0.3 is 9.73 Å². The van der Waals surface area contributed by atoms with Crippen molar-refractivity contribution in [2.75, 3.05) is 7.05 Å². The molecule has 2 aromatic heterocycles. The zero-order valence-corrected chi connectivity index (χ0v) is 10.9. The summed E-state index contributed by atoms with van der Waals surface area (Å²) in [5, 5.41) is 4.40. The number of aromatic nitrogens is 1. The Kier molecular flexibility index (Phi) is 3.13. The average molecular weight is 258 g/mol. The number of rotatable bonds is 4. The molecule has 3 nitrogen and oxygen atoms in total. The van der Waals surface area contributed by atoms with Gasteiger partial charge >= 0.3 is 0 Å². The summed E-state index contributed by atoms with van der Waals surface area (Å²) in [6, 6.07) is 12.3. The molecule has 18 heavy (non-hydrogen) atoms. The fraction of sp³-hybridized carbons (Fsp3) is 0.214. The van der Waals surface area contributed by atoms with Gasteiger partial charge in [0.2, 0.25) is 0 Å². The summed E-state index contributed by atoms with van der Waals surface area (Å²) in [6.07, 6.45) is 2.56. The molecule has 0 saturated carbocycles. The Labute approximate surface area is 109 Å². The lowest BCUT2D eigenvalue weighted by atomic mass is 10.1. The highest BCUT2D eigenvalue weighted by Gasteiger charge is 2.15. The number of hydrogen-bond acceptors (Lipinski definition) is 4. The van der Waals surface area contributed by atoms with Crippen molar-refractivity contribution in [1.82, 2.24) is 10.3 Å². The van der Waals surface area contributed by atoms with E-state index in [9.17, 15) is 0 Å². The number of para-hydroxylation sites is 1. The third-order valence-corrected chi connectivity index (χ3v) is 4.01. The van der Waals surface area contributed by atoms with Crippen molar-refractivity contribution in [3.8, 4) is 0 Å². The highest BCUT2D eigenvalue weighted by Crippen LogP contribution is 2.26. The first-order chi connectivity index (χ1) is 8.86. The van der Waals surface area contributed by atoms with Gasteiger partial charge in [-0.15, -0.1) is 11.3 Å². The summed E-state index contributed by atoms with van der Waals surface area (Å²) in [7, 11) is 1.94. The van der Waals surface area contributed by atoms with Crippen molar-refractivity contribution >= 4 is 21.6 Å². The first-order valence-corrected chi connectivity index (χ1v) is 6.73. The molecule has 0 spiro atoms. The predicted molar refractivity (Wildman–Crippen MR) is 73.8 cm³/mol. The highest BCUT2D eigenvalue weighted by atomic mass is 32.1. The van der Waals surface area contributed by atoms with Crippen LogP contribution in [0.25, 0.3) is 10.2 Å². The number of nitrogens with one attached hydrogen (secondary N) is 1. The SMILES string of the molecule is CNC(Cc1nc2ccccc2s1)c1ccco1. The Balaban J connectivity index is 1.86. The van der Waals surface area contributed by atoms with Crippen LogP contribution in [0.5, 0.6) is 0 Å². The molecule has 1 atom stereocenters. The van der Waals surface area contributed by atoms with Crippen molar-refractivity contribution in [2.45, 2.75) is 12.5 Å². The van der Waals surface area contributed by atoms with Crippen molar-refractivity contribution in [3.05, 3.63) is 53.4 Å². The van der Waals surface area contributed by atoms with E-state index in [2.05, 4.69) is 22.4 Å². The molecule has 1 aromatic carbocycles. The minimum atomic E-state index is 0.181. The van der Waals surface area contributed by atoms with Crippen LogP contribution < -0.4 is 5.32 Å². The van der Waals surface area contributed by atoms with Crippen LogP contribution >= 0.6 is 11.3 Å². The number of furan rings is 1. The molecule has 0 radical (unpaired) electrons. The zero-order valence-electron chi connectivity index (χ0n) is 10.1. The van der Waals surface area contributed by atoms with Crippen LogP contribution in [0.4, 0.5) is 0 Å². The summed E-state index contributed by atoms with van der Waals surface area (Å²) in [6.45, 7) is 0. The van der Waals surface area contributed by atoms with Crippen LogP contribution in [-0.2, 0) is 6.42 Å². The summed E-state index contributed by atoms with van der Waals surface area (Å²) in [4.78, 5) is 4.65. The van der Waals surface area contributed by atoms with E-state index < -0.39 is 0 Å². The van der Waals surface area contributed by atoms with Crippen LogP contribution in [0, 0.1) is 0 Å². The summed E-state index contributed by atoms with van der Waals surface area (Å²) < 4.78 is 6.68. The number of hydrogen-bond donors (Lipinski definition) is 1. The molecule has 1 unspecified atom stereocenters. The van der Waals surface area contributed by atoms with Gasteiger partial charge in [-0.05, 0) is 31.3 Å².